The average Bonchev–Trinajstić information content (AvgIpc) is 2.68. The maximum Gasteiger partial charge on any atom is 0.319 e. The molecular weight excluding hydrogens is 328 g/mol. The van der Waals surface area contributed by atoms with Crippen LogP contribution in [0.5, 0.6) is 0 Å². The van der Waals surface area contributed by atoms with Gasteiger partial charge in [0.2, 0.25) is 5.91 Å². The zero-order valence-corrected chi connectivity index (χ0v) is 15.9. The highest BCUT2D eigenvalue weighted by molar-refractivity contribution is 5.80. The topological polar surface area (TPSA) is 47.1 Å². The van der Waals surface area contributed by atoms with Crippen LogP contribution >= 0.6 is 0 Å². The number of urea groups is 1. The van der Waals surface area contributed by atoms with Crippen LogP contribution in [0.15, 0.2) is 30.3 Å². The standard InChI is InChI=1S/C20H30N4O2/c1-21(2)20(26)24-10-8-18(9-11-24)19(25)23-14-12-22(13-15-23)16-17-6-4-3-5-7-17/h3-7,18H,8-16H2,1-2H3. The first-order valence-corrected chi connectivity index (χ1v) is 9.56. The molecule has 0 unspecified atom stereocenters. The Balaban J connectivity index is 1.43. The first kappa shape index (κ1) is 18.7. The molecule has 1 aromatic carbocycles. The Morgan fingerprint density at radius 2 is 1.54 bits per heavy atom. The molecule has 0 radical (unpaired) electrons. The van der Waals surface area contributed by atoms with Gasteiger partial charge in [-0.3, -0.25) is 9.69 Å². The van der Waals surface area contributed by atoms with Crippen LogP contribution in [-0.2, 0) is 11.3 Å². The van der Waals surface area contributed by atoms with Gasteiger partial charge >= 0.3 is 6.03 Å². The predicted octanol–water partition coefficient (Wildman–Crippen LogP) is 1.72. The van der Waals surface area contributed by atoms with Gasteiger partial charge in [0, 0.05) is 65.8 Å². The van der Waals surface area contributed by atoms with Gasteiger partial charge in [-0.25, -0.2) is 4.79 Å². The van der Waals surface area contributed by atoms with Crippen molar-refractivity contribution in [3.8, 4) is 0 Å². The smallest absolute Gasteiger partial charge is 0.319 e. The fourth-order valence-electron chi connectivity index (χ4n) is 3.83. The fraction of sp³-hybridized carbons (Fsp3) is 0.600. The number of hydrogen-bond donors (Lipinski definition) is 0. The molecule has 0 saturated carbocycles. The van der Waals surface area contributed by atoms with Gasteiger partial charge in [-0.1, -0.05) is 30.3 Å². The maximum absolute atomic E-state index is 12.8. The third kappa shape index (κ3) is 4.55. The number of piperazine rings is 1. The fourth-order valence-corrected chi connectivity index (χ4v) is 3.83. The van der Waals surface area contributed by atoms with Crippen molar-refractivity contribution in [2.45, 2.75) is 19.4 Å². The lowest BCUT2D eigenvalue weighted by Gasteiger charge is -2.39. The van der Waals surface area contributed by atoms with Crippen molar-refractivity contribution in [1.29, 1.82) is 0 Å². The molecule has 0 atom stereocenters. The van der Waals surface area contributed by atoms with Crippen LogP contribution < -0.4 is 0 Å². The molecule has 3 amide bonds. The van der Waals surface area contributed by atoms with Crippen molar-refractivity contribution in [3.05, 3.63) is 35.9 Å². The molecule has 6 nitrogen and oxygen atoms in total. The molecule has 0 aliphatic carbocycles. The number of likely N-dealkylation sites (tertiary alicyclic amines) is 1. The summed E-state index contributed by atoms with van der Waals surface area (Å²) >= 11 is 0. The SMILES string of the molecule is CN(C)C(=O)N1CCC(C(=O)N2CCN(Cc3ccccc3)CC2)CC1. The Morgan fingerprint density at radius 1 is 0.923 bits per heavy atom. The van der Waals surface area contributed by atoms with Gasteiger partial charge in [0.05, 0.1) is 0 Å². The monoisotopic (exact) mass is 358 g/mol. The minimum atomic E-state index is 0.0467. The third-order valence-electron chi connectivity index (χ3n) is 5.43. The summed E-state index contributed by atoms with van der Waals surface area (Å²) in [4.78, 5) is 32.7. The first-order valence-electron chi connectivity index (χ1n) is 9.56. The number of carbonyl (C=O) groups is 2. The van der Waals surface area contributed by atoms with Crippen molar-refractivity contribution in [1.82, 2.24) is 19.6 Å². The van der Waals surface area contributed by atoms with Crippen LogP contribution in [0.3, 0.4) is 0 Å². The van der Waals surface area contributed by atoms with Gasteiger partial charge in [0.15, 0.2) is 0 Å². The van der Waals surface area contributed by atoms with E-state index in [0.717, 1.165) is 45.6 Å². The first-order chi connectivity index (χ1) is 12.5. The molecule has 142 valence electrons. The highest BCUT2D eigenvalue weighted by Gasteiger charge is 2.32. The van der Waals surface area contributed by atoms with E-state index in [1.54, 1.807) is 19.0 Å². The van der Waals surface area contributed by atoms with E-state index in [1.165, 1.54) is 5.56 Å². The summed E-state index contributed by atoms with van der Waals surface area (Å²) in [6.45, 7) is 5.79. The lowest BCUT2D eigenvalue weighted by Crippen LogP contribution is -2.52. The molecule has 0 aromatic heterocycles. The van der Waals surface area contributed by atoms with Crippen molar-refractivity contribution < 1.29 is 9.59 Å². The maximum atomic E-state index is 12.8. The summed E-state index contributed by atoms with van der Waals surface area (Å²) in [5.41, 5.74) is 1.32. The molecule has 26 heavy (non-hydrogen) atoms. The second-order valence-corrected chi connectivity index (χ2v) is 7.53. The molecule has 2 fully saturated rings. The molecule has 1 aromatic rings. The van der Waals surface area contributed by atoms with Crippen molar-refractivity contribution in [3.63, 3.8) is 0 Å². The molecule has 0 N–H and O–H groups in total. The van der Waals surface area contributed by atoms with Crippen LogP contribution in [0.4, 0.5) is 4.79 Å². The van der Waals surface area contributed by atoms with Gasteiger partial charge in [0.1, 0.15) is 0 Å². The molecule has 0 spiro atoms. The lowest BCUT2D eigenvalue weighted by atomic mass is 9.95. The minimum absolute atomic E-state index is 0.0467. The van der Waals surface area contributed by atoms with E-state index >= 15 is 0 Å². The number of nitrogens with zero attached hydrogens (tertiary/aromatic N) is 4. The van der Waals surface area contributed by atoms with E-state index in [4.69, 9.17) is 0 Å². The molecule has 2 heterocycles. The zero-order chi connectivity index (χ0) is 18.5. The molecule has 2 saturated heterocycles. The third-order valence-corrected chi connectivity index (χ3v) is 5.43. The van der Waals surface area contributed by atoms with Gasteiger partial charge < -0.3 is 14.7 Å². The molecular formula is C20H30N4O2. The van der Waals surface area contributed by atoms with E-state index in [9.17, 15) is 9.59 Å². The Morgan fingerprint density at radius 3 is 2.12 bits per heavy atom. The van der Waals surface area contributed by atoms with Crippen LogP contribution in [0, 0.1) is 5.92 Å². The van der Waals surface area contributed by atoms with E-state index in [0.29, 0.717) is 13.1 Å². The van der Waals surface area contributed by atoms with Crippen molar-refractivity contribution in [2.24, 2.45) is 5.92 Å². The van der Waals surface area contributed by atoms with E-state index in [-0.39, 0.29) is 17.9 Å². The van der Waals surface area contributed by atoms with Crippen molar-refractivity contribution in [2.75, 3.05) is 53.4 Å². The molecule has 6 heteroatoms. The Labute approximate surface area is 156 Å². The Kier molecular flexibility index (Phi) is 6.14. The molecule has 2 aliphatic heterocycles. The van der Waals surface area contributed by atoms with E-state index in [1.807, 2.05) is 15.9 Å². The summed E-state index contributed by atoms with van der Waals surface area (Å²) in [5.74, 6) is 0.350. The van der Waals surface area contributed by atoms with E-state index in [2.05, 4.69) is 29.2 Å². The zero-order valence-electron chi connectivity index (χ0n) is 15.9. The molecule has 2 aliphatic rings. The van der Waals surface area contributed by atoms with Gasteiger partial charge in [-0.15, -0.1) is 0 Å². The number of carbonyl (C=O) groups excluding carboxylic acids is 2. The Bertz CT molecular complexity index is 603. The summed E-state index contributed by atoms with van der Waals surface area (Å²) in [6.07, 6.45) is 1.56. The number of rotatable bonds is 3. The van der Waals surface area contributed by atoms with Crippen LogP contribution in [0.2, 0.25) is 0 Å². The second-order valence-electron chi connectivity index (χ2n) is 7.53. The lowest BCUT2D eigenvalue weighted by molar-refractivity contribution is -0.138. The molecule has 0 bridgehead atoms. The second kappa shape index (κ2) is 8.54. The van der Waals surface area contributed by atoms with Crippen LogP contribution in [-0.4, -0.2) is 84.9 Å². The summed E-state index contributed by atoms with van der Waals surface area (Å²) in [6, 6.07) is 10.5. The van der Waals surface area contributed by atoms with Gasteiger partial charge in [-0.05, 0) is 18.4 Å². The number of hydrogen-bond acceptors (Lipinski definition) is 3. The summed E-state index contributed by atoms with van der Waals surface area (Å²) < 4.78 is 0. The minimum Gasteiger partial charge on any atom is -0.340 e. The van der Waals surface area contributed by atoms with Crippen molar-refractivity contribution >= 4 is 11.9 Å². The highest BCUT2D eigenvalue weighted by Crippen LogP contribution is 2.21. The van der Waals surface area contributed by atoms with Gasteiger partial charge in [0.25, 0.3) is 0 Å². The summed E-state index contributed by atoms with van der Waals surface area (Å²) in [7, 11) is 3.54. The van der Waals surface area contributed by atoms with Crippen LogP contribution in [0.25, 0.3) is 0 Å². The normalized spacial score (nSPS) is 19.5. The molecule has 3 rings (SSSR count). The number of benzene rings is 1. The van der Waals surface area contributed by atoms with Gasteiger partial charge in [-0.2, -0.15) is 0 Å². The number of piperidine rings is 1. The Hall–Kier alpha value is -2.08. The highest BCUT2D eigenvalue weighted by atomic mass is 16.2. The van der Waals surface area contributed by atoms with Crippen LogP contribution in [0.1, 0.15) is 18.4 Å². The summed E-state index contributed by atoms with van der Waals surface area (Å²) in [5, 5.41) is 0. The average molecular weight is 358 g/mol. The van der Waals surface area contributed by atoms with E-state index < -0.39 is 0 Å². The predicted molar refractivity (Wildman–Crippen MR) is 102 cm³/mol. The quantitative estimate of drug-likeness (QED) is 0.827. The number of amides is 3. The largest absolute Gasteiger partial charge is 0.340 e.